The molecule has 2 aromatic rings. The fraction of sp³-hybridized carbons (Fsp3) is 0.333. The van der Waals surface area contributed by atoms with E-state index in [9.17, 15) is 0 Å². The molecule has 0 saturated heterocycles. The molecule has 0 aromatic carbocycles. The van der Waals surface area contributed by atoms with E-state index in [1.165, 1.54) is 11.3 Å². The largest absolute Gasteiger partial charge is 0.368 e. The number of nitrogen functional groups attached to an aromatic ring is 1. The highest BCUT2D eigenvalue weighted by Crippen LogP contribution is 2.19. The number of hydrogen-bond donors (Lipinski definition) is 2. The molecule has 0 amide bonds. The summed E-state index contributed by atoms with van der Waals surface area (Å²) < 4.78 is 0. The minimum Gasteiger partial charge on any atom is -0.368 e. The number of hydrogen-bond acceptors (Lipinski definition) is 3. The van der Waals surface area contributed by atoms with Gasteiger partial charge in [0.25, 0.3) is 0 Å². The molecule has 0 aliphatic rings. The lowest BCUT2D eigenvalue weighted by Gasteiger charge is -1.92. The van der Waals surface area contributed by atoms with Gasteiger partial charge in [-0.05, 0) is 18.9 Å². The molecule has 0 saturated carbocycles. The van der Waals surface area contributed by atoms with Crippen LogP contribution in [-0.2, 0) is 6.42 Å². The van der Waals surface area contributed by atoms with Crippen molar-refractivity contribution in [1.82, 2.24) is 15.0 Å². The molecular weight excluding hydrogens is 164 g/mol. The second-order valence-corrected chi connectivity index (χ2v) is 3.07. The first-order chi connectivity index (χ1) is 6.22. The van der Waals surface area contributed by atoms with Gasteiger partial charge in [0.1, 0.15) is 0 Å². The Morgan fingerprint density at radius 1 is 1.54 bits per heavy atom. The van der Waals surface area contributed by atoms with E-state index in [-0.39, 0.29) is 0 Å². The number of nitrogens with two attached hydrogens (primary N) is 1. The zero-order valence-electron chi connectivity index (χ0n) is 7.76. The summed E-state index contributed by atoms with van der Waals surface area (Å²) in [6.07, 6.45) is 2.70. The highest BCUT2D eigenvalue weighted by atomic mass is 15.0. The summed E-state index contributed by atoms with van der Waals surface area (Å²) in [5.74, 6) is 0.331. The molecule has 3 N–H and O–H groups in total. The molecule has 0 radical (unpaired) electrons. The van der Waals surface area contributed by atoms with Crippen LogP contribution in [0.2, 0.25) is 0 Å². The SMILES string of the molecule is CCc1[nH]c2cnc(N)nc2c1C. The van der Waals surface area contributed by atoms with Crippen molar-refractivity contribution in [2.75, 3.05) is 5.73 Å². The smallest absolute Gasteiger partial charge is 0.220 e. The zero-order chi connectivity index (χ0) is 9.42. The van der Waals surface area contributed by atoms with Gasteiger partial charge in [0, 0.05) is 5.69 Å². The lowest BCUT2D eigenvalue weighted by Crippen LogP contribution is -1.93. The van der Waals surface area contributed by atoms with Gasteiger partial charge < -0.3 is 10.7 Å². The maximum absolute atomic E-state index is 5.51. The Morgan fingerprint density at radius 3 is 3.00 bits per heavy atom. The Labute approximate surface area is 76.2 Å². The van der Waals surface area contributed by atoms with Crippen molar-refractivity contribution in [1.29, 1.82) is 0 Å². The van der Waals surface area contributed by atoms with E-state index in [4.69, 9.17) is 5.73 Å². The van der Waals surface area contributed by atoms with Gasteiger partial charge >= 0.3 is 0 Å². The fourth-order valence-electron chi connectivity index (χ4n) is 1.53. The van der Waals surface area contributed by atoms with Crippen molar-refractivity contribution in [3.05, 3.63) is 17.5 Å². The number of rotatable bonds is 1. The Bertz CT molecular complexity index is 444. The number of anilines is 1. The Kier molecular flexibility index (Phi) is 1.69. The zero-order valence-corrected chi connectivity index (χ0v) is 7.76. The molecule has 2 rings (SSSR count). The van der Waals surface area contributed by atoms with Crippen molar-refractivity contribution in [3.8, 4) is 0 Å². The van der Waals surface area contributed by atoms with Crippen LogP contribution in [0, 0.1) is 6.92 Å². The molecule has 0 bridgehead atoms. The minimum absolute atomic E-state index is 0.331. The number of fused-ring (bicyclic) bond motifs is 1. The molecule has 0 aliphatic carbocycles. The summed E-state index contributed by atoms with van der Waals surface area (Å²) in [6, 6.07) is 0. The summed E-state index contributed by atoms with van der Waals surface area (Å²) in [6.45, 7) is 4.15. The summed E-state index contributed by atoms with van der Waals surface area (Å²) in [7, 11) is 0. The van der Waals surface area contributed by atoms with Crippen molar-refractivity contribution >= 4 is 17.0 Å². The van der Waals surface area contributed by atoms with Gasteiger partial charge in [-0.15, -0.1) is 0 Å². The quantitative estimate of drug-likeness (QED) is 0.690. The first-order valence-electron chi connectivity index (χ1n) is 4.32. The normalized spacial score (nSPS) is 10.9. The summed E-state index contributed by atoms with van der Waals surface area (Å²) >= 11 is 0. The van der Waals surface area contributed by atoms with Crippen LogP contribution in [0.4, 0.5) is 5.95 Å². The first-order valence-corrected chi connectivity index (χ1v) is 4.32. The van der Waals surface area contributed by atoms with Crippen molar-refractivity contribution in [2.24, 2.45) is 0 Å². The standard InChI is InChI=1S/C9H12N4/c1-3-6-5(2)8-7(12-6)4-11-9(10)13-8/h4,12H,3H2,1-2H3,(H2,10,11,13). The third-order valence-corrected chi connectivity index (χ3v) is 2.25. The lowest BCUT2D eigenvalue weighted by molar-refractivity contribution is 1.05. The average Bonchev–Trinajstić information content (AvgIpc) is 2.44. The van der Waals surface area contributed by atoms with Crippen LogP contribution in [-0.4, -0.2) is 15.0 Å². The van der Waals surface area contributed by atoms with E-state index in [0.29, 0.717) is 5.95 Å². The molecule has 0 unspecified atom stereocenters. The maximum Gasteiger partial charge on any atom is 0.220 e. The lowest BCUT2D eigenvalue weighted by atomic mass is 10.2. The van der Waals surface area contributed by atoms with Gasteiger partial charge in [0.15, 0.2) is 0 Å². The molecule has 0 atom stereocenters. The molecule has 0 aliphatic heterocycles. The molecule has 68 valence electrons. The number of H-pyrrole nitrogens is 1. The number of aryl methyl sites for hydroxylation is 2. The fourth-order valence-corrected chi connectivity index (χ4v) is 1.53. The van der Waals surface area contributed by atoms with E-state index >= 15 is 0 Å². The van der Waals surface area contributed by atoms with Gasteiger partial charge in [0.05, 0.1) is 17.2 Å². The molecule has 4 nitrogen and oxygen atoms in total. The molecule has 13 heavy (non-hydrogen) atoms. The van der Waals surface area contributed by atoms with E-state index in [1.54, 1.807) is 6.20 Å². The van der Waals surface area contributed by atoms with Gasteiger partial charge in [0.2, 0.25) is 5.95 Å². The second kappa shape index (κ2) is 2.73. The van der Waals surface area contributed by atoms with Crippen LogP contribution in [0.5, 0.6) is 0 Å². The molecule has 0 spiro atoms. The Hall–Kier alpha value is -1.58. The molecule has 4 heteroatoms. The van der Waals surface area contributed by atoms with Gasteiger partial charge in [-0.25, -0.2) is 9.97 Å². The number of nitrogens with one attached hydrogen (secondary N) is 1. The number of aromatic amines is 1. The Morgan fingerprint density at radius 2 is 2.31 bits per heavy atom. The van der Waals surface area contributed by atoms with E-state index in [1.807, 2.05) is 6.92 Å². The summed E-state index contributed by atoms with van der Waals surface area (Å²) in [4.78, 5) is 11.4. The predicted molar refractivity (Wildman–Crippen MR) is 52.4 cm³/mol. The Balaban J connectivity index is 2.77. The van der Waals surface area contributed by atoms with Crippen LogP contribution in [0.15, 0.2) is 6.20 Å². The van der Waals surface area contributed by atoms with E-state index in [0.717, 1.165) is 17.5 Å². The minimum atomic E-state index is 0.331. The summed E-state index contributed by atoms with van der Waals surface area (Å²) in [5, 5.41) is 0. The van der Waals surface area contributed by atoms with Crippen LogP contribution in [0.1, 0.15) is 18.2 Å². The highest BCUT2D eigenvalue weighted by Gasteiger charge is 2.07. The topological polar surface area (TPSA) is 67.6 Å². The summed E-state index contributed by atoms with van der Waals surface area (Å²) in [5.41, 5.74) is 9.78. The van der Waals surface area contributed by atoms with Crippen molar-refractivity contribution in [3.63, 3.8) is 0 Å². The second-order valence-electron chi connectivity index (χ2n) is 3.07. The number of aromatic nitrogens is 3. The van der Waals surface area contributed by atoms with Crippen LogP contribution < -0.4 is 5.73 Å². The van der Waals surface area contributed by atoms with Gasteiger partial charge in [-0.3, -0.25) is 0 Å². The maximum atomic E-state index is 5.51. The van der Waals surface area contributed by atoms with Crippen molar-refractivity contribution in [2.45, 2.75) is 20.3 Å². The highest BCUT2D eigenvalue weighted by molar-refractivity contribution is 5.80. The molecular formula is C9H12N4. The predicted octanol–water partition coefficient (Wildman–Crippen LogP) is 1.41. The van der Waals surface area contributed by atoms with E-state index < -0.39 is 0 Å². The van der Waals surface area contributed by atoms with Crippen molar-refractivity contribution < 1.29 is 0 Å². The van der Waals surface area contributed by atoms with Crippen LogP contribution in [0.3, 0.4) is 0 Å². The molecule has 2 aromatic heterocycles. The number of nitrogens with zero attached hydrogens (tertiary/aromatic N) is 2. The van der Waals surface area contributed by atoms with Crippen LogP contribution in [0.25, 0.3) is 11.0 Å². The van der Waals surface area contributed by atoms with Gasteiger partial charge in [-0.2, -0.15) is 0 Å². The third kappa shape index (κ3) is 1.14. The van der Waals surface area contributed by atoms with Gasteiger partial charge in [-0.1, -0.05) is 6.92 Å². The monoisotopic (exact) mass is 176 g/mol. The van der Waals surface area contributed by atoms with E-state index in [2.05, 4.69) is 21.9 Å². The third-order valence-electron chi connectivity index (χ3n) is 2.25. The molecule has 2 heterocycles. The molecule has 0 fully saturated rings. The van der Waals surface area contributed by atoms with Crippen LogP contribution >= 0.6 is 0 Å². The first kappa shape index (κ1) is 8.04. The average molecular weight is 176 g/mol.